The number of piperidine rings is 1. The quantitative estimate of drug-likeness (QED) is 0.429. The number of para-hydroxylation sites is 3. The lowest BCUT2D eigenvalue weighted by Crippen LogP contribution is -2.45. The van der Waals surface area contributed by atoms with Gasteiger partial charge in [0.15, 0.2) is 5.75 Å². The number of aliphatic hydroxyl groups excluding tert-OH is 1. The van der Waals surface area contributed by atoms with Crippen LogP contribution in [-0.4, -0.2) is 56.0 Å². The highest BCUT2D eigenvalue weighted by molar-refractivity contribution is 7.92. The highest BCUT2D eigenvalue weighted by Crippen LogP contribution is 2.30. The van der Waals surface area contributed by atoms with E-state index in [9.17, 15) is 23.1 Å². The highest BCUT2D eigenvalue weighted by atomic mass is 32.2. The van der Waals surface area contributed by atoms with Gasteiger partial charge in [-0.15, -0.1) is 0 Å². The average molecular weight is 510 g/mol. The predicted octanol–water partition coefficient (Wildman–Crippen LogP) is 2.99. The normalized spacial score (nSPS) is 14.2. The Balaban J connectivity index is 1.38. The van der Waals surface area contributed by atoms with Gasteiger partial charge in [-0.1, -0.05) is 30.3 Å². The number of anilines is 1. The number of rotatable bonds is 8. The number of sulfonamides is 1. The number of carbonyl (C=O) groups is 2. The van der Waals surface area contributed by atoms with Crippen LogP contribution in [0.25, 0.3) is 0 Å². The van der Waals surface area contributed by atoms with Gasteiger partial charge in [0.05, 0.1) is 23.2 Å². The van der Waals surface area contributed by atoms with Crippen LogP contribution < -0.4 is 14.8 Å². The maximum absolute atomic E-state index is 13.0. The van der Waals surface area contributed by atoms with Crippen LogP contribution >= 0.6 is 0 Å². The molecule has 0 radical (unpaired) electrons. The molecule has 3 aromatic carbocycles. The number of nitrogens with zero attached hydrogens (tertiary/aromatic N) is 1. The molecule has 1 saturated heterocycles. The van der Waals surface area contributed by atoms with E-state index in [1.54, 1.807) is 41.3 Å². The Bertz CT molecular complexity index is 1310. The van der Waals surface area contributed by atoms with Gasteiger partial charge in [0.25, 0.3) is 15.9 Å². The molecule has 0 bridgehead atoms. The van der Waals surface area contributed by atoms with Gasteiger partial charge >= 0.3 is 0 Å². The second-order valence-electron chi connectivity index (χ2n) is 8.34. The van der Waals surface area contributed by atoms with Crippen LogP contribution in [0.1, 0.15) is 23.2 Å². The van der Waals surface area contributed by atoms with Gasteiger partial charge in [0.2, 0.25) is 5.91 Å². The zero-order chi connectivity index (χ0) is 25.5. The van der Waals surface area contributed by atoms with Crippen molar-refractivity contribution in [1.82, 2.24) is 10.2 Å². The molecule has 4 rings (SSSR count). The third-order valence-corrected chi connectivity index (χ3v) is 7.13. The van der Waals surface area contributed by atoms with Crippen molar-refractivity contribution in [3.05, 3.63) is 84.4 Å². The molecule has 3 N–H and O–H groups in total. The minimum Gasteiger partial charge on any atom is -0.455 e. The molecule has 1 aliphatic rings. The molecular formula is C26H27N3O6S. The summed E-state index contributed by atoms with van der Waals surface area (Å²) in [6.07, 6.45) is 0.650. The number of ether oxygens (including phenoxy) is 1. The number of hydrogen-bond donors (Lipinski definition) is 3. The molecule has 0 spiro atoms. The van der Waals surface area contributed by atoms with Crippen LogP contribution in [0.15, 0.2) is 83.8 Å². The first-order chi connectivity index (χ1) is 17.3. The number of carbonyl (C=O) groups excluding carboxylic acids is 2. The third-order valence-electron chi connectivity index (χ3n) is 5.75. The molecule has 3 aromatic rings. The lowest BCUT2D eigenvalue weighted by molar-refractivity contribution is -0.132. The molecule has 0 unspecified atom stereocenters. The van der Waals surface area contributed by atoms with Gasteiger partial charge in [-0.25, -0.2) is 8.42 Å². The van der Waals surface area contributed by atoms with Crippen molar-refractivity contribution in [1.29, 1.82) is 0 Å². The minimum atomic E-state index is -3.96. The summed E-state index contributed by atoms with van der Waals surface area (Å²) in [7, 11) is -3.96. The number of likely N-dealkylation sites (tertiary alicyclic amines) is 1. The standard InChI is InChI=1S/C26H27N3O6S/c30-20-14-16-29(17-15-20)25(31)18-27-26(32)19-10-12-22(13-11-19)36(33,34)28-23-8-4-5-9-24(23)35-21-6-2-1-3-7-21/h1-13,20,28,30H,14-18H2,(H,27,32). The van der Waals surface area contributed by atoms with Crippen LogP contribution in [-0.2, 0) is 14.8 Å². The van der Waals surface area contributed by atoms with Crippen LogP contribution in [0.3, 0.4) is 0 Å². The van der Waals surface area contributed by atoms with Gasteiger partial charge in [-0.05, 0) is 61.4 Å². The molecule has 10 heteroatoms. The fourth-order valence-electron chi connectivity index (χ4n) is 3.73. The van der Waals surface area contributed by atoms with Crippen molar-refractivity contribution in [3.63, 3.8) is 0 Å². The maximum atomic E-state index is 13.0. The summed E-state index contributed by atoms with van der Waals surface area (Å²) in [6.45, 7) is 0.735. The Hall–Kier alpha value is -3.89. The largest absolute Gasteiger partial charge is 0.455 e. The molecule has 2 amide bonds. The molecule has 1 heterocycles. The summed E-state index contributed by atoms with van der Waals surface area (Å²) in [4.78, 5) is 26.3. The number of aliphatic hydroxyl groups is 1. The van der Waals surface area contributed by atoms with Crippen molar-refractivity contribution < 1.29 is 27.9 Å². The Morgan fingerprint density at radius 1 is 0.917 bits per heavy atom. The molecule has 1 fully saturated rings. The zero-order valence-corrected chi connectivity index (χ0v) is 20.3. The van der Waals surface area contributed by atoms with Crippen molar-refractivity contribution in [2.24, 2.45) is 0 Å². The van der Waals surface area contributed by atoms with E-state index in [0.717, 1.165) is 0 Å². The van der Waals surface area contributed by atoms with Crippen LogP contribution in [0.2, 0.25) is 0 Å². The Labute approximate surface area is 209 Å². The first-order valence-electron chi connectivity index (χ1n) is 11.5. The lowest BCUT2D eigenvalue weighted by atomic mass is 10.1. The van der Waals surface area contributed by atoms with Crippen molar-refractivity contribution in [2.75, 3.05) is 24.4 Å². The first-order valence-corrected chi connectivity index (χ1v) is 13.0. The molecule has 188 valence electrons. The highest BCUT2D eigenvalue weighted by Gasteiger charge is 2.22. The van der Waals surface area contributed by atoms with E-state index in [0.29, 0.717) is 37.4 Å². The number of amides is 2. The van der Waals surface area contributed by atoms with E-state index >= 15 is 0 Å². The summed E-state index contributed by atoms with van der Waals surface area (Å²) < 4.78 is 34.3. The second kappa shape index (κ2) is 11.2. The molecular weight excluding hydrogens is 482 g/mol. The topological polar surface area (TPSA) is 125 Å². The van der Waals surface area contributed by atoms with E-state index in [-0.39, 0.29) is 28.6 Å². The maximum Gasteiger partial charge on any atom is 0.262 e. The van der Waals surface area contributed by atoms with Crippen molar-refractivity contribution in [3.8, 4) is 11.5 Å². The predicted molar refractivity (Wildman–Crippen MR) is 134 cm³/mol. The van der Waals surface area contributed by atoms with Crippen molar-refractivity contribution in [2.45, 2.75) is 23.8 Å². The summed E-state index contributed by atoms with van der Waals surface area (Å²) >= 11 is 0. The zero-order valence-electron chi connectivity index (χ0n) is 19.5. The summed E-state index contributed by atoms with van der Waals surface area (Å²) in [5, 5.41) is 12.1. The average Bonchev–Trinajstić information content (AvgIpc) is 2.89. The number of benzene rings is 3. The monoisotopic (exact) mass is 509 g/mol. The Kier molecular flexibility index (Phi) is 7.87. The summed E-state index contributed by atoms with van der Waals surface area (Å²) in [5.41, 5.74) is 0.496. The first kappa shape index (κ1) is 25.2. The molecule has 9 nitrogen and oxygen atoms in total. The van der Waals surface area contributed by atoms with Crippen LogP contribution in [0, 0.1) is 0 Å². The third kappa shape index (κ3) is 6.41. The smallest absolute Gasteiger partial charge is 0.262 e. The van der Waals surface area contributed by atoms with Crippen LogP contribution in [0.5, 0.6) is 11.5 Å². The molecule has 0 atom stereocenters. The van der Waals surface area contributed by atoms with E-state index in [1.807, 2.05) is 18.2 Å². The molecule has 0 saturated carbocycles. The number of hydrogen-bond acceptors (Lipinski definition) is 6. The molecule has 36 heavy (non-hydrogen) atoms. The van der Waals surface area contributed by atoms with E-state index in [4.69, 9.17) is 4.74 Å². The van der Waals surface area contributed by atoms with Gasteiger partial charge in [0.1, 0.15) is 5.75 Å². The number of nitrogens with one attached hydrogen (secondary N) is 2. The summed E-state index contributed by atoms with van der Waals surface area (Å²) in [5.74, 6) is 0.195. The van der Waals surface area contributed by atoms with Crippen molar-refractivity contribution >= 4 is 27.5 Å². The lowest BCUT2D eigenvalue weighted by Gasteiger charge is -2.29. The molecule has 0 aliphatic carbocycles. The summed E-state index contributed by atoms with van der Waals surface area (Å²) in [6, 6.07) is 21.1. The Morgan fingerprint density at radius 2 is 1.56 bits per heavy atom. The Morgan fingerprint density at radius 3 is 2.25 bits per heavy atom. The van der Waals surface area contributed by atoms with E-state index < -0.39 is 22.0 Å². The van der Waals surface area contributed by atoms with E-state index in [1.165, 1.54) is 24.3 Å². The second-order valence-corrected chi connectivity index (χ2v) is 10.0. The fourth-order valence-corrected chi connectivity index (χ4v) is 4.80. The molecule has 0 aromatic heterocycles. The van der Waals surface area contributed by atoms with Gasteiger partial charge in [0, 0.05) is 18.7 Å². The van der Waals surface area contributed by atoms with Gasteiger partial charge < -0.3 is 20.1 Å². The SMILES string of the molecule is O=C(NCC(=O)N1CCC(O)CC1)c1ccc(S(=O)(=O)Nc2ccccc2Oc2ccccc2)cc1. The fraction of sp³-hybridized carbons (Fsp3) is 0.231. The minimum absolute atomic E-state index is 0.0310. The van der Waals surface area contributed by atoms with Crippen LogP contribution in [0.4, 0.5) is 5.69 Å². The van der Waals surface area contributed by atoms with Gasteiger partial charge in [-0.3, -0.25) is 14.3 Å². The molecule has 1 aliphatic heterocycles. The van der Waals surface area contributed by atoms with E-state index in [2.05, 4.69) is 10.0 Å². The van der Waals surface area contributed by atoms with Gasteiger partial charge in [-0.2, -0.15) is 0 Å².